The van der Waals surface area contributed by atoms with Crippen LogP contribution in [0.4, 0.5) is 5.69 Å². The monoisotopic (exact) mass is 307 g/mol. The van der Waals surface area contributed by atoms with Crippen molar-refractivity contribution in [3.63, 3.8) is 0 Å². The Bertz CT molecular complexity index is 552. The number of hydrogen-bond acceptors (Lipinski definition) is 5. The van der Waals surface area contributed by atoms with E-state index in [1.807, 2.05) is 0 Å². The summed E-state index contributed by atoms with van der Waals surface area (Å²) in [5, 5.41) is 13.0. The Morgan fingerprint density at radius 1 is 1.23 bits per heavy atom. The van der Waals surface area contributed by atoms with E-state index < -0.39 is 10.8 Å². The molecule has 22 heavy (non-hydrogen) atoms. The SMILES string of the molecule is O=C(COc1ccc([N+](=O)[O-])cc1)NCC(=O)N1CCCC1. The van der Waals surface area contributed by atoms with Crippen molar-refractivity contribution in [2.45, 2.75) is 12.8 Å². The van der Waals surface area contributed by atoms with E-state index in [0.717, 1.165) is 25.9 Å². The smallest absolute Gasteiger partial charge is 0.269 e. The summed E-state index contributed by atoms with van der Waals surface area (Å²) in [6.07, 6.45) is 2.01. The van der Waals surface area contributed by atoms with Crippen molar-refractivity contribution in [1.82, 2.24) is 10.2 Å². The summed E-state index contributed by atoms with van der Waals surface area (Å²) in [5.74, 6) is -0.154. The molecule has 1 heterocycles. The molecule has 1 saturated heterocycles. The van der Waals surface area contributed by atoms with Gasteiger partial charge in [0, 0.05) is 25.2 Å². The quantitative estimate of drug-likeness (QED) is 0.616. The molecule has 1 fully saturated rings. The fraction of sp³-hybridized carbons (Fsp3) is 0.429. The molecule has 1 N–H and O–H groups in total. The highest BCUT2D eigenvalue weighted by molar-refractivity contribution is 5.85. The second-order valence-electron chi connectivity index (χ2n) is 4.90. The summed E-state index contributed by atoms with van der Waals surface area (Å²) in [6, 6.07) is 5.43. The molecule has 0 atom stereocenters. The maximum Gasteiger partial charge on any atom is 0.269 e. The first-order valence-corrected chi connectivity index (χ1v) is 6.98. The van der Waals surface area contributed by atoms with Crippen LogP contribution in [0.1, 0.15) is 12.8 Å². The van der Waals surface area contributed by atoms with Crippen LogP contribution < -0.4 is 10.1 Å². The Labute approximate surface area is 127 Å². The van der Waals surface area contributed by atoms with Crippen LogP contribution in [0.2, 0.25) is 0 Å². The molecule has 0 spiro atoms. The molecule has 2 amide bonds. The van der Waals surface area contributed by atoms with Crippen molar-refractivity contribution >= 4 is 17.5 Å². The van der Waals surface area contributed by atoms with Gasteiger partial charge in [-0.1, -0.05) is 0 Å². The Hall–Kier alpha value is -2.64. The number of nitro benzene ring substituents is 1. The largest absolute Gasteiger partial charge is 0.484 e. The van der Waals surface area contributed by atoms with Gasteiger partial charge in [-0.15, -0.1) is 0 Å². The number of benzene rings is 1. The van der Waals surface area contributed by atoms with Crippen LogP contribution in [0.3, 0.4) is 0 Å². The maximum absolute atomic E-state index is 11.7. The van der Waals surface area contributed by atoms with Crippen LogP contribution in [0.25, 0.3) is 0 Å². The minimum Gasteiger partial charge on any atom is -0.484 e. The molecule has 0 saturated carbocycles. The number of nitrogens with zero attached hydrogens (tertiary/aromatic N) is 2. The number of ether oxygens (including phenoxy) is 1. The third-order valence-corrected chi connectivity index (χ3v) is 3.31. The minimum absolute atomic E-state index is 0.0392. The van der Waals surface area contributed by atoms with Crippen LogP contribution in [0.15, 0.2) is 24.3 Å². The van der Waals surface area contributed by atoms with Crippen molar-refractivity contribution in [1.29, 1.82) is 0 Å². The molecule has 0 unspecified atom stereocenters. The predicted octanol–water partition coefficient (Wildman–Crippen LogP) is 0.712. The van der Waals surface area contributed by atoms with E-state index in [4.69, 9.17) is 4.74 Å². The molecule has 1 aliphatic heterocycles. The van der Waals surface area contributed by atoms with Gasteiger partial charge in [-0.05, 0) is 25.0 Å². The second kappa shape index (κ2) is 7.39. The molecular weight excluding hydrogens is 290 g/mol. The van der Waals surface area contributed by atoms with E-state index in [9.17, 15) is 19.7 Å². The average molecular weight is 307 g/mol. The van der Waals surface area contributed by atoms with Crippen molar-refractivity contribution in [2.24, 2.45) is 0 Å². The van der Waals surface area contributed by atoms with Gasteiger partial charge in [0.05, 0.1) is 11.5 Å². The van der Waals surface area contributed by atoms with Gasteiger partial charge in [0.15, 0.2) is 6.61 Å². The zero-order valence-corrected chi connectivity index (χ0v) is 12.0. The molecule has 0 aromatic heterocycles. The van der Waals surface area contributed by atoms with Crippen LogP contribution in [0.5, 0.6) is 5.75 Å². The van der Waals surface area contributed by atoms with E-state index in [1.54, 1.807) is 4.90 Å². The molecule has 8 nitrogen and oxygen atoms in total. The van der Waals surface area contributed by atoms with Gasteiger partial charge in [0.25, 0.3) is 11.6 Å². The number of non-ortho nitro benzene ring substituents is 1. The first-order valence-electron chi connectivity index (χ1n) is 6.98. The van der Waals surface area contributed by atoms with E-state index in [1.165, 1.54) is 24.3 Å². The number of likely N-dealkylation sites (tertiary alicyclic amines) is 1. The van der Waals surface area contributed by atoms with E-state index in [0.29, 0.717) is 5.75 Å². The number of nitrogens with one attached hydrogen (secondary N) is 1. The normalized spacial score (nSPS) is 13.7. The number of carbonyl (C=O) groups is 2. The fourth-order valence-corrected chi connectivity index (χ4v) is 2.12. The van der Waals surface area contributed by atoms with Gasteiger partial charge in [-0.25, -0.2) is 0 Å². The summed E-state index contributed by atoms with van der Waals surface area (Å²) in [4.78, 5) is 35.0. The summed E-state index contributed by atoms with van der Waals surface area (Å²) < 4.78 is 5.20. The summed E-state index contributed by atoms with van der Waals surface area (Å²) >= 11 is 0. The molecule has 1 aliphatic rings. The van der Waals surface area contributed by atoms with E-state index >= 15 is 0 Å². The predicted molar refractivity (Wildman–Crippen MR) is 77.4 cm³/mol. The third-order valence-electron chi connectivity index (χ3n) is 3.31. The molecular formula is C14H17N3O5. The molecule has 1 aromatic carbocycles. The summed E-state index contributed by atoms with van der Waals surface area (Å²) in [6.45, 7) is 1.20. The van der Waals surface area contributed by atoms with E-state index in [-0.39, 0.29) is 24.7 Å². The lowest BCUT2D eigenvalue weighted by molar-refractivity contribution is -0.384. The van der Waals surface area contributed by atoms with Crippen LogP contribution in [0, 0.1) is 10.1 Å². The molecule has 1 aromatic rings. The third kappa shape index (κ3) is 4.44. The highest BCUT2D eigenvalue weighted by Crippen LogP contribution is 2.17. The number of hydrogen-bond donors (Lipinski definition) is 1. The van der Waals surface area contributed by atoms with Gasteiger partial charge < -0.3 is 15.0 Å². The van der Waals surface area contributed by atoms with Crippen molar-refractivity contribution in [2.75, 3.05) is 26.2 Å². The lowest BCUT2D eigenvalue weighted by atomic mass is 10.3. The Balaban J connectivity index is 1.70. The van der Waals surface area contributed by atoms with Crippen LogP contribution in [-0.4, -0.2) is 47.9 Å². The minimum atomic E-state index is -0.513. The number of amides is 2. The Morgan fingerprint density at radius 2 is 1.86 bits per heavy atom. The number of rotatable bonds is 6. The topological polar surface area (TPSA) is 102 Å². The van der Waals surface area contributed by atoms with Crippen LogP contribution >= 0.6 is 0 Å². The van der Waals surface area contributed by atoms with Crippen LogP contribution in [-0.2, 0) is 9.59 Å². The van der Waals surface area contributed by atoms with Gasteiger partial charge >= 0.3 is 0 Å². The maximum atomic E-state index is 11.7. The Morgan fingerprint density at radius 3 is 2.45 bits per heavy atom. The first kappa shape index (κ1) is 15.7. The number of nitro groups is 1. The van der Waals surface area contributed by atoms with Gasteiger partial charge in [-0.3, -0.25) is 19.7 Å². The standard InChI is InChI=1S/C14H17N3O5/c18-13(15-9-14(19)16-7-1-2-8-16)10-22-12-5-3-11(4-6-12)17(20)21/h3-6H,1-2,7-10H2,(H,15,18). The molecule has 2 rings (SSSR count). The van der Waals surface area contributed by atoms with Crippen molar-refractivity contribution in [3.05, 3.63) is 34.4 Å². The van der Waals surface area contributed by atoms with E-state index in [2.05, 4.69) is 5.32 Å². The highest BCUT2D eigenvalue weighted by atomic mass is 16.6. The number of carbonyl (C=O) groups excluding carboxylic acids is 2. The molecule has 0 bridgehead atoms. The average Bonchev–Trinajstić information content (AvgIpc) is 3.05. The fourth-order valence-electron chi connectivity index (χ4n) is 2.12. The van der Waals surface area contributed by atoms with Gasteiger partial charge in [0.2, 0.25) is 5.91 Å². The zero-order valence-electron chi connectivity index (χ0n) is 12.0. The lowest BCUT2D eigenvalue weighted by Crippen LogP contribution is -2.40. The molecule has 8 heteroatoms. The Kier molecular flexibility index (Phi) is 5.29. The van der Waals surface area contributed by atoms with Crippen molar-refractivity contribution < 1.29 is 19.2 Å². The zero-order chi connectivity index (χ0) is 15.9. The molecule has 118 valence electrons. The van der Waals surface area contributed by atoms with Crippen molar-refractivity contribution in [3.8, 4) is 5.75 Å². The second-order valence-corrected chi connectivity index (χ2v) is 4.90. The molecule has 0 aliphatic carbocycles. The molecule has 0 radical (unpaired) electrons. The highest BCUT2D eigenvalue weighted by Gasteiger charge is 2.18. The van der Waals surface area contributed by atoms with Gasteiger partial charge in [-0.2, -0.15) is 0 Å². The first-order chi connectivity index (χ1) is 10.6. The van der Waals surface area contributed by atoms with Gasteiger partial charge in [0.1, 0.15) is 5.75 Å². The summed E-state index contributed by atoms with van der Waals surface area (Å²) in [5.41, 5.74) is -0.0481. The summed E-state index contributed by atoms with van der Waals surface area (Å²) in [7, 11) is 0. The lowest BCUT2D eigenvalue weighted by Gasteiger charge is -2.15.